The van der Waals surface area contributed by atoms with E-state index in [1.54, 1.807) is 30.2 Å². The van der Waals surface area contributed by atoms with Crippen molar-refractivity contribution >= 4 is 32.8 Å². The molecular weight excluding hydrogens is 498 g/mol. The van der Waals surface area contributed by atoms with Gasteiger partial charge < -0.3 is 18.8 Å². The van der Waals surface area contributed by atoms with Crippen LogP contribution in [0.25, 0.3) is 11.0 Å². The lowest BCUT2D eigenvalue weighted by molar-refractivity contribution is 0.0714. The van der Waals surface area contributed by atoms with Crippen molar-refractivity contribution in [2.75, 3.05) is 13.7 Å². The van der Waals surface area contributed by atoms with Crippen molar-refractivity contribution in [3.63, 3.8) is 0 Å². The Bertz CT molecular complexity index is 1440. The summed E-state index contributed by atoms with van der Waals surface area (Å²) in [4.78, 5) is 29.0. The van der Waals surface area contributed by atoms with E-state index in [0.29, 0.717) is 35.4 Å². The third-order valence-corrected chi connectivity index (χ3v) is 6.42. The number of rotatable bonds is 6. The van der Waals surface area contributed by atoms with Crippen LogP contribution in [-0.2, 0) is 6.54 Å². The summed E-state index contributed by atoms with van der Waals surface area (Å²) >= 11 is 3.43. The van der Waals surface area contributed by atoms with Gasteiger partial charge in [0.05, 0.1) is 30.7 Å². The molecule has 1 atom stereocenters. The van der Waals surface area contributed by atoms with Crippen LogP contribution in [0.5, 0.6) is 11.5 Å². The smallest absolute Gasteiger partial charge is 0.291 e. The largest absolute Gasteiger partial charge is 0.497 e. The maximum absolute atomic E-state index is 13.7. The third kappa shape index (κ3) is 3.86. The molecule has 1 unspecified atom stereocenters. The standard InChI is InChI=1S/C27H22BrNO5/c1-3-33-20-6-4-5-17(13-20)24-23-25(30)21-14-18(28)9-12-22(21)34-26(23)27(31)29(24)15-16-7-10-19(32-2)11-8-16/h4-14,24H,3,15H2,1-2H3. The first-order valence-corrected chi connectivity index (χ1v) is 11.7. The Kier molecular flexibility index (Phi) is 5.87. The van der Waals surface area contributed by atoms with E-state index in [4.69, 9.17) is 13.9 Å². The van der Waals surface area contributed by atoms with Gasteiger partial charge in [0.2, 0.25) is 5.76 Å². The lowest BCUT2D eigenvalue weighted by Crippen LogP contribution is -2.29. The Balaban J connectivity index is 1.68. The van der Waals surface area contributed by atoms with Crippen molar-refractivity contribution in [2.45, 2.75) is 19.5 Å². The fraction of sp³-hybridized carbons (Fsp3) is 0.185. The van der Waals surface area contributed by atoms with Crippen molar-refractivity contribution in [1.82, 2.24) is 4.90 Å². The third-order valence-electron chi connectivity index (χ3n) is 5.92. The van der Waals surface area contributed by atoms with Crippen molar-refractivity contribution < 1.29 is 18.7 Å². The van der Waals surface area contributed by atoms with Crippen molar-refractivity contribution in [3.8, 4) is 11.5 Å². The normalized spacial score (nSPS) is 15.0. The molecule has 0 N–H and O–H groups in total. The van der Waals surface area contributed by atoms with Gasteiger partial charge in [0.15, 0.2) is 5.43 Å². The van der Waals surface area contributed by atoms with Gasteiger partial charge in [0.1, 0.15) is 17.1 Å². The average molecular weight is 520 g/mol. The van der Waals surface area contributed by atoms with E-state index >= 15 is 0 Å². The van der Waals surface area contributed by atoms with Gasteiger partial charge >= 0.3 is 0 Å². The summed E-state index contributed by atoms with van der Waals surface area (Å²) in [5.41, 5.74) is 2.21. The fourth-order valence-corrected chi connectivity index (χ4v) is 4.73. The number of halogens is 1. The number of carbonyl (C=O) groups is 1. The minimum absolute atomic E-state index is 0.0835. The lowest BCUT2D eigenvalue weighted by Gasteiger charge is -2.25. The van der Waals surface area contributed by atoms with Crippen LogP contribution in [-0.4, -0.2) is 24.5 Å². The minimum atomic E-state index is -0.607. The molecule has 0 spiro atoms. The van der Waals surface area contributed by atoms with Gasteiger partial charge in [0.25, 0.3) is 5.91 Å². The number of fused-ring (bicyclic) bond motifs is 2. The summed E-state index contributed by atoms with van der Waals surface area (Å²) in [5, 5.41) is 0.429. The first-order valence-electron chi connectivity index (χ1n) is 10.9. The van der Waals surface area contributed by atoms with Crippen molar-refractivity contribution in [2.24, 2.45) is 0 Å². The molecule has 1 aromatic heterocycles. The molecule has 0 saturated carbocycles. The molecule has 4 aromatic rings. The molecule has 0 bridgehead atoms. The van der Waals surface area contributed by atoms with Crippen LogP contribution in [0.4, 0.5) is 0 Å². The van der Waals surface area contributed by atoms with Crippen molar-refractivity contribution in [1.29, 1.82) is 0 Å². The number of ether oxygens (including phenoxy) is 2. The summed E-state index contributed by atoms with van der Waals surface area (Å²) in [5.74, 6) is 1.17. The SMILES string of the molecule is CCOc1cccc(C2c3c(oc4ccc(Br)cc4c3=O)C(=O)N2Cc2ccc(OC)cc2)c1. The highest BCUT2D eigenvalue weighted by Crippen LogP contribution is 2.40. The molecule has 1 aliphatic rings. The quantitative estimate of drug-likeness (QED) is 0.326. The molecule has 2 heterocycles. The van der Waals surface area contributed by atoms with E-state index in [2.05, 4.69) is 15.9 Å². The van der Waals surface area contributed by atoms with Crippen LogP contribution in [0, 0.1) is 0 Å². The highest BCUT2D eigenvalue weighted by molar-refractivity contribution is 9.10. The van der Waals surface area contributed by atoms with Gasteiger partial charge in [-0.05, 0) is 60.5 Å². The fourth-order valence-electron chi connectivity index (χ4n) is 4.37. The number of hydrogen-bond acceptors (Lipinski definition) is 5. The van der Waals surface area contributed by atoms with Gasteiger partial charge in [-0.25, -0.2) is 0 Å². The van der Waals surface area contributed by atoms with Crippen LogP contribution in [0.1, 0.15) is 40.2 Å². The molecule has 0 saturated heterocycles. The monoisotopic (exact) mass is 519 g/mol. The number of amides is 1. The Morgan fingerprint density at radius 3 is 2.53 bits per heavy atom. The lowest BCUT2D eigenvalue weighted by atomic mass is 9.98. The van der Waals surface area contributed by atoms with Gasteiger partial charge in [-0.3, -0.25) is 9.59 Å². The number of hydrogen-bond donors (Lipinski definition) is 0. The van der Waals surface area contributed by atoms with E-state index < -0.39 is 6.04 Å². The molecule has 5 rings (SSSR count). The summed E-state index contributed by atoms with van der Waals surface area (Å²) in [6.07, 6.45) is 0. The van der Waals surface area contributed by atoms with E-state index in [1.807, 2.05) is 55.5 Å². The number of nitrogens with zero attached hydrogens (tertiary/aromatic N) is 1. The first-order chi connectivity index (χ1) is 16.5. The van der Waals surface area contributed by atoms with Crippen LogP contribution in [0.15, 0.2) is 80.4 Å². The van der Waals surface area contributed by atoms with Crippen LogP contribution in [0.2, 0.25) is 0 Å². The van der Waals surface area contributed by atoms with E-state index in [9.17, 15) is 9.59 Å². The topological polar surface area (TPSA) is 69.0 Å². The van der Waals surface area contributed by atoms with E-state index in [0.717, 1.165) is 21.3 Å². The zero-order valence-electron chi connectivity index (χ0n) is 18.7. The van der Waals surface area contributed by atoms with Gasteiger partial charge in [-0.1, -0.05) is 40.2 Å². The molecule has 6 nitrogen and oxygen atoms in total. The second-order valence-electron chi connectivity index (χ2n) is 8.00. The highest BCUT2D eigenvalue weighted by Gasteiger charge is 2.42. The summed E-state index contributed by atoms with van der Waals surface area (Å²) < 4.78 is 17.7. The zero-order chi connectivity index (χ0) is 23.8. The van der Waals surface area contributed by atoms with Crippen LogP contribution >= 0.6 is 15.9 Å². The second kappa shape index (κ2) is 8.99. The van der Waals surface area contributed by atoms with E-state index in [-0.39, 0.29) is 17.1 Å². The zero-order valence-corrected chi connectivity index (χ0v) is 20.3. The molecule has 1 aliphatic heterocycles. The Hall–Kier alpha value is -3.58. The molecule has 7 heteroatoms. The predicted molar refractivity (Wildman–Crippen MR) is 133 cm³/mol. The van der Waals surface area contributed by atoms with Gasteiger partial charge in [0, 0.05) is 11.0 Å². The van der Waals surface area contributed by atoms with Crippen molar-refractivity contribution in [3.05, 3.63) is 104 Å². The molecule has 0 aliphatic carbocycles. The second-order valence-corrected chi connectivity index (χ2v) is 8.92. The molecule has 0 radical (unpaired) electrons. The Morgan fingerprint density at radius 2 is 1.79 bits per heavy atom. The first kappa shape index (κ1) is 22.2. The highest BCUT2D eigenvalue weighted by atomic mass is 79.9. The van der Waals surface area contributed by atoms with Gasteiger partial charge in [-0.2, -0.15) is 0 Å². The molecule has 1 amide bonds. The number of carbonyl (C=O) groups excluding carboxylic acids is 1. The minimum Gasteiger partial charge on any atom is -0.497 e. The summed E-state index contributed by atoms with van der Waals surface area (Å²) in [6, 6.07) is 19.6. The van der Waals surface area contributed by atoms with Crippen LogP contribution < -0.4 is 14.9 Å². The maximum Gasteiger partial charge on any atom is 0.291 e. The molecular formula is C27H22BrNO5. The average Bonchev–Trinajstić information content (AvgIpc) is 3.12. The summed E-state index contributed by atoms with van der Waals surface area (Å²) in [6.45, 7) is 2.73. The summed E-state index contributed by atoms with van der Waals surface area (Å²) in [7, 11) is 1.61. The molecule has 3 aromatic carbocycles. The van der Waals surface area contributed by atoms with Gasteiger partial charge in [-0.15, -0.1) is 0 Å². The van der Waals surface area contributed by atoms with E-state index in [1.165, 1.54) is 0 Å². The van der Waals surface area contributed by atoms with Crippen LogP contribution in [0.3, 0.4) is 0 Å². The molecule has 172 valence electrons. The Morgan fingerprint density at radius 1 is 1.00 bits per heavy atom. The Labute approximate surface area is 204 Å². The number of methoxy groups -OCH3 is 1. The number of benzene rings is 3. The maximum atomic E-state index is 13.7. The predicted octanol–water partition coefficient (Wildman–Crippen LogP) is 5.71. The molecule has 34 heavy (non-hydrogen) atoms. The molecule has 0 fully saturated rings.